The van der Waals surface area contributed by atoms with Crippen molar-refractivity contribution in [2.24, 2.45) is 0 Å². The van der Waals surface area contributed by atoms with E-state index < -0.39 is 25.4 Å². The Bertz CT molecular complexity index is 875. The largest absolute Gasteiger partial charge is 0.492 e. The van der Waals surface area contributed by atoms with Crippen molar-refractivity contribution in [3.05, 3.63) is 30.1 Å². The Labute approximate surface area is 168 Å². The number of ether oxygens (including phenoxy) is 1. The number of benzene rings is 1. The third-order valence-electron chi connectivity index (χ3n) is 5.67. The Morgan fingerprint density at radius 2 is 2.03 bits per heavy atom. The average Bonchev–Trinajstić information content (AvgIpc) is 3.37. The molecule has 0 saturated heterocycles. The molecule has 1 aromatic heterocycles. The van der Waals surface area contributed by atoms with Gasteiger partial charge in [0.1, 0.15) is 12.0 Å². The van der Waals surface area contributed by atoms with Gasteiger partial charge in [-0.2, -0.15) is 18.3 Å². The van der Waals surface area contributed by atoms with Crippen LogP contribution in [0.15, 0.2) is 24.5 Å². The van der Waals surface area contributed by atoms with E-state index in [0.717, 1.165) is 41.6 Å². The second kappa shape index (κ2) is 7.55. The predicted octanol–water partition coefficient (Wildman–Crippen LogP) is 4.70. The molecule has 2 aliphatic rings. The van der Waals surface area contributed by atoms with Gasteiger partial charge in [0.25, 0.3) is 0 Å². The summed E-state index contributed by atoms with van der Waals surface area (Å²) in [4.78, 5) is 1.90. The van der Waals surface area contributed by atoms with Crippen molar-refractivity contribution in [2.45, 2.75) is 70.4 Å². The number of nitrogens with zero attached hydrogens (tertiary/aromatic N) is 3. The number of aliphatic hydroxyl groups excluding tert-OH is 1. The zero-order valence-corrected chi connectivity index (χ0v) is 16.6. The van der Waals surface area contributed by atoms with Gasteiger partial charge in [-0.3, -0.25) is 4.68 Å². The number of alkyl halides is 3. The number of aliphatic hydroxyl groups is 1. The number of rotatable bonds is 6. The number of hydrogen-bond acceptors (Lipinski definition) is 4. The van der Waals surface area contributed by atoms with E-state index in [2.05, 4.69) is 5.10 Å². The lowest BCUT2D eigenvalue weighted by Gasteiger charge is -2.40. The van der Waals surface area contributed by atoms with Crippen LogP contribution >= 0.6 is 0 Å². The molecule has 29 heavy (non-hydrogen) atoms. The summed E-state index contributed by atoms with van der Waals surface area (Å²) in [7, 11) is 0. The van der Waals surface area contributed by atoms with Gasteiger partial charge in [0, 0.05) is 34.6 Å². The minimum atomic E-state index is -4.27. The molecule has 1 unspecified atom stereocenters. The van der Waals surface area contributed by atoms with E-state index >= 15 is 0 Å². The van der Waals surface area contributed by atoms with E-state index in [1.165, 1.54) is 0 Å². The van der Waals surface area contributed by atoms with Crippen LogP contribution in [0.3, 0.4) is 0 Å². The van der Waals surface area contributed by atoms with Crippen LogP contribution in [0.25, 0.3) is 11.1 Å². The first-order chi connectivity index (χ1) is 13.7. The smallest absolute Gasteiger partial charge is 0.392 e. The fraction of sp³-hybridized carbons (Fsp3) is 0.571. The topological polar surface area (TPSA) is 50.5 Å². The summed E-state index contributed by atoms with van der Waals surface area (Å²) < 4.78 is 45.8. The molecule has 2 aromatic rings. The summed E-state index contributed by atoms with van der Waals surface area (Å²) in [6.45, 7) is 3.30. The van der Waals surface area contributed by atoms with E-state index in [4.69, 9.17) is 4.74 Å². The molecular weight excluding hydrogens is 383 g/mol. The Morgan fingerprint density at radius 1 is 1.28 bits per heavy atom. The molecule has 1 N–H and O–H groups in total. The maximum absolute atomic E-state index is 12.7. The summed E-state index contributed by atoms with van der Waals surface area (Å²) in [5.41, 5.74) is 3.25. The van der Waals surface area contributed by atoms with E-state index in [9.17, 15) is 18.3 Å². The molecule has 0 bridgehead atoms. The van der Waals surface area contributed by atoms with Gasteiger partial charge in [0.2, 0.25) is 0 Å². The van der Waals surface area contributed by atoms with Crippen LogP contribution in [0, 0.1) is 0 Å². The highest BCUT2D eigenvalue weighted by atomic mass is 19.4. The molecule has 8 heteroatoms. The van der Waals surface area contributed by atoms with Crippen LogP contribution in [0.5, 0.6) is 5.75 Å². The summed E-state index contributed by atoms with van der Waals surface area (Å²) in [5.74, 6) is 0.472. The minimum Gasteiger partial charge on any atom is -0.492 e. The number of halogens is 3. The van der Waals surface area contributed by atoms with Crippen molar-refractivity contribution < 1.29 is 23.0 Å². The Kier molecular flexibility index (Phi) is 5.23. The number of anilines is 1. The van der Waals surface area contributed by atoms with E-state index in [0.29, 0.717) is 18.2 Å². The van der Waals surface area contributed by atoms with Gasteiger partial charge >= 0.3 is 6.18 Å². The molecule has 1 fully saturated rings. The van der Waals surface area contributed by atoms with Crippen molar-refractivity contribution in [3.63, 3.8) is 0 Å². The molecule has 0 radical (unpaired) electrons. The van der Waals surface area contributed by atoms with Crippen molar-refractivity contribution in [3.8, 4) is 16.9 Å². The monoisotopic (exact) mass is 409 g/mol. The fourth-order valence-electron chi connectivity index (χ4n) is 4.08. The Balaban J connectivity index is 1.73. The molecule has 158 valence electrons. The highest BCUT2D eigenvalue weighted by Crippen LogP contribution is 2.44. The van der Waals surface area contributed by atoms with E-state index in [-0.39, 0.29) is 6.04 Å². The summed E-state index contributed by atoms with van der Waals surface area (Å²) in [5, 5.41) is 14.7. The van der Waals surface area contributed by atoms with Crippen molar-refractivity contribution >= 4 is 5.69 Å². The lowest BCUT2D eigenvalue weighted by atomic mass is 9.92. The first kappa shape index (κ1) is 20.1. The third-order valence-corrected chi connectivity index (χ3v) is 5.67. The highest BCUT2D eigenvalue weighted by Gasteiger charge is 2.32. The molecule has 4 rings (SSSR count). The van der Waals surface area contributed by atoms with Gasteiger partial charge in [0.05, 0.1) is 25.3 Å². The van der Waals surface area contributed by atoms with Crippen LogP contribution in [0.4, 0.5) is 18.9 Å². The maximum Gasteiger partial charge on any atom is 0.392 e. The van der Waals surface area contributed by atoms with E-state index in [1.807, 2.05) is 34.8 Å². The van der Waals surface area contributed by atoms with Crippen LogP contribution in [0.1, 0.15) is 51.1 Å². The first-order valence-corrected chi connectivity index (χ1v) is 10.1. The van der Waals surface area contributed by atoms with Gasteiger partial charge < -0.3 is 14.7 Å². The SMILES string of the molecule is CC(O)N1c2ccc(-c3cnn(C4CC4)c3)c(OCCC(F)(F)F)c2CC[C@@H]1C. The minimum absolute atomic E-state index is 0.133. The van der Waals surface area contributed by atoms with Crippen LogP contribution in [0.2, 0.25) is 0 Å². The van der Waals surface area contributed by atoms with Gasteiger partial charge in [-0.15, -0.1) is 0 Å². The molecule has 1 aliphatic heterocycles. The second-order valence-corrected chi connectivity index (χ2v) is 8.02. The van der Waals surface area contributed by atoms with Crippen LogP contribution in [-0.4, -0.2) is 39.9 Å². The summed E-state index contributed by atoms with van der Waals surface area (Å²) in [6.07, 6.45) is 1.38. The maximum atomic E-state index is 12.7. The second-order valence-electron chi connectivity index (χ2n) is 8.02. The number of hydrogen-bond donors (Lipinski definition) is 1. The van der Waals surface area contributed by atoms with Gasteiger partial charge in [-0.05, 0) is 51.7 Å². The summed E-state index contributed by atoms with van der Waals surface area (Å²) >= 11 is 0. The lowest BCUT2D eigenvalue weighted by molar-refractivity contribution is -0.139. The zero-order valence-electron chi connectivity index (χ0n) is 16.6. The molecule has 0 amide bonds. The van der Waals surface area contributed by atoms with Crippen LogP contribution < -0.4 is 9.64 Å². The van der Waals surface area contributed by atoms with E-state index in [1.54, 1.807) is 13.1 Å². The van der Waals surface area contributed by atoms with Crippen LogP contribution in [-0.2, 0) is 6.42 Å². The molecule has 5 nitrogen and oxygen atoms in total. The fourth-order valence-corrected chi connectivity index (χ4v) is 4.08. The Morgan fingerprint density at radius 3 is 2.69 bits per heavy atom. The standard InChI is InChI=1S/C21H26F3N3O2/c1-13-3-6-18-19(27(13)14(2)28)8-7-17(20(18)29-10-9-21(22,23)24)15-11-25-26(12-15)16-4-5-16/h7-8,11-14,16,28H,3-6,9-10H2,1-2H3/t13-,14?/m0/s1. The molecule has 0 spiro atoms. The van der Waals surface area contributed by atoms with Crippen molar-refractivity contribution in [2.75, 3.05) is 11.5 Å². The highest BCUT2D eigenvalue weighted by molar-refractivity contribution is 5.77. The Hall–Kier alpha value is -2.22. The quantitative estimate of drug-likeness (QED) is 0.752. The predicted molar refractivity (Wildman–Crippen MR) is 104 cm³/mol. The lowest BCUT2D eigenvalue weighted by Crippen LogP contribution is -2.43. The first-order valence-electron chi connectivity index (χ1n) is 10.1. The molecule has 1 saturated carbocycles. The normalized spacial score (nSPS) is 20.5. The average molecular weight is 409 g/mol. The molecule has 2 heterocycles. The zero-order chi connectivity index (χ0) is 20.8. The van der Waals surface area contributed by atoms with Crippen molar-refractivity contribution in [1.82, 2.24) is 9.78 Å². The summed E-state index contributed by atoms with van der Waals surface area (Å²) in [6, 6.07) is 4.35. The number of aromatic nitrogens is 2. The number of fused-ring (bicyclic) bond motifs is 1. The van der Waals surface area contributed by atoms with Gasteiger partial charge in [-0.1, -0.05) is 0 Å². The molecule has 1 aliphatic carbocycles. The third kappa shape index (κ3) is 4.22. The molecule has 2 atom stereocenters. The molecule has 1 aromatic carbocycles. The van der Waals surface area contributed by atoms with Gasteiger partial charge in [0.15, 0.2) is 0 Å². The molecular formula is C21H26F3N3O2. The van der Waals surface area contributed by atoms with Crippen molar-refractivity contribution in [1.29, 1.82) is 0 Å². The van der Waals surface area contributed by atoms with Gasteiger partial charge in [-0.25, -0.2) is 0 Å².